The van der Waals surface area contributed by atoms with Gasteiger partial charge in [-0.1, -0.05) is 52.5 Å². The fraction of sp³-hybridized carbons (Fsp3) is 0.606. The van der Waals surface area contributed by atoms with Crippen LogP contribution in [0.25, 0.3) is 0 Å². The van der Waals surface area contributed by atoms with Crippen LogP contribution in [0.5, 0.6) is 5.75 Å². The Hall–Kier alpha value is -3.80. The Morgan fingerprint density at radius 2 is 1.87 bits per heavy atom. The van der Waals surface area contributed by atoms with Gasteiger partial charge in [0.1, 0.15) is 18.0 Å². The Morgan fingerprint density at radius 1 is 1.13 bits per heavy atom. The number of unbranched alkanes of at least 4 members (excludes halogenated alkanes) is 4. The first-order valence-corrected chi connectivity index (χ1v) is 15.7. The van der Waals surface area contributed by atoms with E-state index in [2.05, 4.69) is 27.5 Å². The van der Waals surface area contributed by atoms with Gasteiger partial charge in [0.25, 0.3) is 0 Å². The van der Waals surface area contributed by atoms with E-state index >= 15 is 0 Å². The lowest BCUT2D eigenvalue weighted by molar-refractivity contribution is -0.148. The van der Waals surface area contributed by atoms with Crippen LogP contribution in [0.3, 0.4) is 0 Å². The highest BCUT2D eigenvalue weighted by Gasteiger charge is 2.32. The van der Waals surface area contributed by atoms with E-state index in [4.69, 9.17) is 14.2 Å². The van der Waals surface area contributed by atoms with Crippen LogP contribution in [0.2, 0.25) is 0 Å². The van der Waals surface area contributed by atoms with Crippen molar-refractivity contribution < 1.29 is 33.0 Å². The summed E-state index contributed by atoms with van der Waals surface area (Å²) in [5.74, 6) is -0.134. The van der Waals surface area contributed by atoms with Gasteiger partial charge in [0.05, 0.1) is 19.2 Å². The molecule has 0 saturated carbocycles. The van der Waals surface area contributed by atoms with Crippen LogP contribution >= 0.6 is 0 Å². The van der Waals surface area contributed by atoms with Crippen molar-refractivity contribution in [2.45, 2.75) is 104 Å². The number of benzene rings is 1. The number of amides is 1. The zero-order valence-corrected chi connectivity index (χ0v) is 27.7. The Balaban J connectivity index is 1.56. The number of hydrogen-bond donors (Lipinski definition) is 2. The van der Waals surface area contributed by atoms with Crippen LogP contribution in [-0.2, 0) is 29.3 Å². The molecule has 3 rings (SSSR count). The molecular weight excluding hydrogens is 581 g/mol. The lowest BCUT2D eigenvalue weighted by Crippen LogP contribution is -2.31. The molecule has 0 fully saturated rings. The molecule has 0 spiro atoms. The zero-order valence-electron chi connectivity index (χ0n) is 27.7. The summed E-state index contributed by atoms with van der Waals surface area (Å²) in [7, 11) is 1.54. The number of nitrogens with one attached hydrogen (secondary N) is 2. The number of anilines is 3. The number of aryl methyl sites for hydroxylation is 2. The fourth-order valence-corrected chi connectivity index (χ4v) is 5.71. The first kappa shape index (κ1) is 35.7. The van der Waals surface area contributed by atoms with Crippen molar-refractivity contribution in [3.63, 3.8) is 0 Å². The molecule has 0 saturated heterocycles. The van der Waals surface area contributed by atoms with E-state index in [1.54, 1.807) is 6.07 Å². The third-order valence-corrected chi connectivity index (χ3v) is 7.82. The van der Waals surface area contributed by atoms with Gasteiger partial charge in [-0.3, -0.25) is 14.4 Å². The molecule has 0 aliphatic carbocycles. The SMILES string of the molecule is CCCCCCCC(=O)Nc1nc(F)nc2c1NCN2CCC(COC(=O)CC(C)(C)c1c(C)cc(C)cc1OC(C)=O)OC. The molecule has 1 aliphatic heterocycles. The average molecular weight is 630 g/mol. The van der Waals surface area contributed by atoms with E-state index in [0.717, 1.165) is 48.8 Å². The second kappa shape index (κ2) is 16.5. The average Bonchev–Trinajstić information content (AvgIpc) is 3.34. The molecule has 1 unspecified atom stereocenters. The predicted octanol–water partition coefficient (Wildman–Crippen LogP) is 5.96. The Labute approximate surface area is 265 Å². The molecule has 12 heteroatoms. The smallest absolute Gasteiger partial charge is 0.312 e. The molecule has 45 heavy (non-hydrogen) atoms. The number of ether oxygens (including phenoxy) is 3. The van der Waals surface area contributed by atoms with Crippen molar-refractivity contribution in [3.8, 4) is 5.75 Å². The van der Waals surface area contributed by atoms with E-state index < -0.39 is 29.5 Å². The predicted molar refractivity (Wildman–Crippen MR) is 171 cm³/mol. The van der Waals surface area contributed by atoms with Gasteiger partial charge in [0, 0.05) is 38.0 Å². The largest absolute Gasteiger partial charge is 0.463 e. The number of hydrogen-bond acceptors (Lipinski definition) is 10. The number of esters is 2. The topological polar surface area (TPSA) is 132 Å². The van der Waals surface area contributed by atoms with E-state index in [9.17, 15) is 18.8 Å². The lowest BCUT2D eigenvalue weighted by atomic mass is 9.78. The number of carbonyl (C=O) groups excluding carboxylic acids is 3. The van der Waals surface area contributed by atoms with Crippen LogP contribution in [0.1, 0.15) is 95.8 Å². The molecule has 1 aliphatic rings. The zero-order chi connectivity index (χ0) is 33.1. The summed E-state index contributed by atoms with van der Waals surface area (Å²) in [6.45, 7) is 12.0. The van der Waals surface area contributed by atoms with E-state index in [1.807, 2.05) is 38.7 Å². The van der Waals surface area contributed by atoms with Crippen molar-refractivity contribution in [2.24, 2.45) is 0 Å². The van der Waals surface area contributed by atoms with Crippen molar-refractivity contribution in [2.75, 3.05) is 42.5 Å². The van der Waals surface area contributed by atoms with Gasteiger partial charge in [-0.05, 0) is 43.9 Å². The third kappa shape index (κ3) is 10.4. The first-order valence-electron chi connectivity index (χ1n) is 15.7. The maximum absolute atomic E-state index is 14.4. The monoisotopic (exact) mass is 629 g/mol. The Kier molecular flexibility index (Phi) is 13.1. The number of fused-ring (bicyclic) bond motifs is 1. The molecule has 2 N–H and O–H groups in total. The highest BCUT2D eigenvalue weighted by Crippen LogP contribution is 2.38. The fourth-order valence-electron chi connectivity index (χ4n) is 5.71. The summed E-state index contributed by atoms with van der Waals surface area (Å²) in [4.78, 5) is 46.8. The third-order valence-electron chi connectivity index (χ3n) is 7.82. The van der Waals surface area contributed by atoms with Gasteiger partial charge in [-0.2, -0.15) is 14.4 Å². The number of nitrogens with zero attached hydrogens (tertiary/aromatic N) is 3. The molecule has 2 aromatic rings. The summed E-state index contributed by atoms with van der Waals surface area (Å²) in [6.07, 6.45) is 4.62. The van der Waals surface area contributed by atoms with Gasteiger partial charge in [0.15, 0.2) is 11.6 Å². The molecule has 248 valence electrons. The van der Waals surface area contributed by atoms with Crippen LogP contribution in [-0.4, -0.2) is 60.8 Å². The maximum atomic E-state index is 14.4. The summed E-state index contributed by atoms with van der Waals surface area (Å²) in [5.41, 5.74) is 2.45. The van der Waals surface area contributed by atoms with Gasteiger partial charge >= 0.3 is 18.0 Å². The van der Waals surface area contributed by atoms with Crippen LogP contribution in [0.15, 0.2) is 12.1 Å². The molecule has 1 aromatic carbocycles. The number of methoxy groups -OCH3 is 1. The van der Waals surface area contributed by atoms with E-state index in [1.165, 1.54) is 14.0 Å². The summed E-state index contributed by atoms with van der Waals surface area (Å²) in [6, 6.07) is 3.79. The number of carbonyl (C=O) groups is 3. The summed E-state index contributed by atoms with van der Waals surface area (Å²) >= 11 is 0. The molecule has 0 radical (unpaired) electrons. The van der Waals surface area contributed by atoms with Crippen LogP contribution < -0.4 is 20.3 Å². The highest BCUT2D eigenvalue weighted by atomic mass is 19.1. The molecule has 2 heterocycles. The van der Waals surface area contributed by atoms with E-state index in [-0.39, 0.29) is 24.8 Å². The van der Waals surface area contributed by atoms with Gasteiger partial charge in [-0.25, -0.2) is 0 Å². The molecular formula is C33H48FN5O6. The minimum absolute atomic E-state index is 0.0287. The molecule has 0 bridgehead atoms. The van der Waals surface area contributed by atoms with Crippen molar-refractivity contribution in [1.29, 1.82) is 0 Å². The normalized spacial score (nSPS) is 13.2. The number of halogens is 1. The second-order valence-corrected chi connectivity index (χ2v) is 12.3. The standard InChI is InChI=1S/C33H48FN5O6/c1-8-9-10-11-12-13-26(41)36-30-29-31(38-32(34)37-30)39(20-35-29)15-14-24(43-7)19-44-27(42)18-33(5,6)28-22(3)16-21(2)17-25(28)45-23(4)40/h16-17,24,35H,8-15,18-20H2,1-7H3,(H,36,37,38,41). The minimum atomic E-state index is -0.929. The van der Waals surface area contributed by atoms with Crippen molar-refractivity contribution >= 4 is 35.2 Å². The number of rotatable bonds is 17. The molecule has 1 amide bonds. The van der Waals surface area contributed by atoms with E-state index in [0.29, 0.717) is 43.3 Å². The molecule has 1 atom stereocenters. The summed E-state index contributed by atoms with van der Waals surface area (Å²) in [5, 5.41) is 5.88. The van der Waals surface area contributed by atoms with Gasteiger partial charge in [-0.15, -0.1) is 0 Å². The van der Waals surface area contributed by atoms with Gasteiger partial charge in [0.2, 0.25) is 5.91 Å². The maximum Gasteiger partial charge on any atom is 0.312 e. The Morgan fingerprint density at radius 3 is 2.56 bits per heavy atom. The number of aromatic nitrogens is 2. The van der Waals surface area contributed by atoms with Crippen molar-refractivity contribution in [3.05, 3.63) is 34.9 Å². The van der Waals surface area contributed by atoms with Crippen molar-refractivity contribution in [1.82, 2.24) is 9.97 Å². The second-order valence-electron chi connectivity index (χ2n) is 12.3. The van der Waals surface area contributed by atoms with Crippen LogP contribution in [0, 0.1) is 19.9 Å². The van der Waals surface area contributed by atoms with Gasteiger partial charge < -0.3 is 29.7 Å². The molecule has 11 nitrogen and oxygen atoms in total. The Bertz CT molecular complexity index is 1350. The molecule has 1 aromatic heterocycles. The highest BCUT2D eigenvalue weighted by molar-refractivity contribution is 5.95. The first-order chi connectivity index (χ1) is 21.3. The summed E-state index contributed by atoms with van der Waals surface area (Å²) < 4.78 is 31.0. The van der Waals surface area contributed by atoms with Crippen LogP contribution in [0.4, 0.5) is 21.7 Å². The lowest BCUT2D eigenvalue weighted by Gasteiger charge is -2.29. The quantitative estimate of drug-likeness (QED) is 0.0935. The minimum Gasteiger partial charge on any atom is -0.463 e.